The van der Waals surface area contributed by atoms with Crippen molar-refractivity contribution in [2.75, 3.05) is 0 Å². The van der Waals surface area contributed by atoms with Gasteiger partial charge in [0.2, 0.25) is 0 Å². The number of benzene rings is 6. The first-order valence-electron chi connectivity index (χ1n) is 26.7. The summed E-state index contributed by atoms with van der Waals surface area (Å²) in [5.41, 5.74) is -0.211. The van der Waals surface area contributed by atoms with E-state index in [0.29, 0.717) is 5.57 Å². The minimum atomic E-state index is -0.841. The van der Waals surface area contributed by atoms with Crippen LogP contribution in [0.5, 0.6) is 0 Å². The van der Waals surface area contributed by atoms with E-state index in [0.717, 1.165) is 16.5 Å². The Kier molecular flexibility index (Phi) is 5.16. The Labute approximate surface area is 347 Å². The smallest absolute Gasteiger partial charge is 0.143 e. The first-order chi connectivity index (χ1) is 35.1. The molecule has 0 bridgehead atoms. The van der Waals surface area contributed by atoms with E-state index in [1.54, 1.807) is 54.8 Å². The molecule has 0 saturated carbocycles. The molecule has 9 rings (SSSR count). The van der Waals surface area contributed by atoms with Crippen molar-refractivity contribution < 1.29 is 30.5 Å². The average Bonchev–Trinajstić information content (AvgIpc) is 3.76. The normalized spacial score (nSPS) is 21.3. The predicted molar refractivity (Wildman–Crippen MR) is 232 cm³/mol. The van der Waals surface area contributed by atoms with Crippen molar-refractivity contribution in [2.45, 2.75) is 12.8 Å². The molecule has 1 N–H and O–H groups in total. The van der Waals surface area contributed by atoms with Crippen LogP contribution >= 0.6 is 0 Å². The number of nitrogens with zero attached hydrogens (tertiary/aromatic N) is 1. The summed E-state index contributed by atoms with van der Waals surface area (Å²) < 4.78 is 177. The van der Waals surface area contributed by atoms with Gasteiger partial charge in [-0.3, -0.25) is 4.98 Å². The zero-order chi connectivity index (χ0) is 53.5. The second-order valence-corrected chi connectivity index (χ2v) is 12.4. The fraction of sp³-hybridized carbons (Fsp3) is 0.0385. The Morgan fingerprint density at radius 3 is 2.18 bits per heavy atom. The topological polar surface area (TPSA) is 49.9 Å². The lowest BCUT2D eigenvalue weighted by Crippen LogP contribution is -2.00. The van der Waals surface area contributed by atoms with Gasteiger partial charge in [-0.25, -0.2) is 0 Å². The van der Waals surface area contributed by atoms with Crippen LogP contribution in [0, 0.1) is 5.41 Å². The number of aromatic nitrogens is 1. The number of furan rings is 1. The second-order valence-electron chi connectivity index (χ2n) is 12.4. The van der Waals surface area contributed by atoms with Crippen LogP contribution in [0.4, 0.5) is 0 Å². The first kappa shape index (κ1) is 18.8. The third kappa shape index (κ3) is 6.80. The maximum absolute atomic E-state index is 9.89. The van der Waals surface area contributed by atoms with Gasteiger partial charge < -0.3 is 9.83 Å². The average molecular weight is 726 g/mol. The number of fused-ring (bicyclic) bond motifs is 4. The summed E-state index contributed by atoms with van der Waals surface area (Å²) in [6, 6.07) is -5.93. The molecule has 0 atom stereocenters. The standard InChI is InChI=1S/C52H38N2O/c53-47(32-28-36-27-29-38-23-15-33-54-48(38)34-36)37-16-5-1-2-6-19-40(31-30-37)49-50(39-17-7-3-8-18-39)52(55-51(49)41-20-9-4-10-21-41)46-35-42-22-11-12-24-43(42)44-25-13-14-26-45(44)46/h1-29,32-35,53H,30-31H2/b5-1-,6-2-,32-28-,37-16-,40-19-,53-47?/i3D,4D,7D,8D,9D,10D,11D,12D,13D,14D,17D,18D,20D,21D,22D,24D,25D,26D,35D. The van der Waals surface area contributed by atoms with Gasteiger partial charge in [-0.1, -0.05) is 169 Å². The van der Waals surface area contributed by atoms with Crippen LogP contribution in [-0.2, 0) is 0 Å². The van der Waals surface area contributed by atoms with Crippen molar-refractivity contribution in [1.29, 1.82) is 5.41 Å². The van der Waals surface area contributed by atoms with Crippen molar-refractivity contribution in [3.8, 4) is 33.8 Å². The molecule has 55 heavy (non-hydrogen) atoms. The van der Waals surface area contributed by atoms with Crippen LogP contribution in [0.2, 0.25) is 0 Å². The quantitative estimate of drug-likeness (QED) is 0.131. The van der Waals surface area contributed by atoms with Gasteiger partial charge in [0.25, 0.3) is 0 Å². The van der Waals surface area contributed by atoms with Gasteiger partial charge in [0.15, 0.2) is 0 Å². The van der Waals surface area contributed by atoms with Crippen LogP contribution in [-0.4, -0.2) is 10.7 Å². The summed E-state index contributed by atoms with van der Waals surface area (Å²) in [7, 11) is 0. The van der Waals surface area contributed by atoms with E-state index in [-0.39, 0.29) is 29.7 Å². The van der Waals surface area contributed by atoms with Gasteiger partial charge >= 0.3 is 0 Å². The van der Waals surface area contributed by atoms with Crippen LogP contribution in [0.1, 0.15) is 50.0 Å². The molecule has 3 nitrogen and oxygen atoms in total. The molecule has 0 aliphatic heterocycles. The molecule has 0 spiro atoms. The molecule has 0 saturated heterocycles. The minimum Gasteiger partial charge on any atom is -0.455 e. The molecule has 0 amide bonds. The molecule has 8 aromatic rings. The molecule has 2 aromatic heterocycles. The van der Waals surface area contributed by atoms with Crippen molar-refractivity contribution >= 4 is 49.8 Å². The summed E-state index contributed by atoms with van der Waals surface area (Å²) in [5, 5.41) is 8.19. The van der Waals surface area contributed by atoms with E-state index >= 15 is 0 Å². The number of allylic oxidation sites excluding steroid dienone is 9. The molecule has 262 valence electrons. The summed E-state index contributed by atoms with van der Waals surface area (Å²) >= 11 is 0. The third-order valence-corrected chi connectivity index (χ3v) is 9.07. The minimum absolute atomic E-state index is 0.0409. The lowest BCUT2D eigenvalue weighted by atomic mass is 9.86. The Bertz CT molecular complexity index is 3920. The number of hydrogen-bond donors (Lipinski definition) is 1. The SMILES string of the molecule is [2H]c1c([2H])c([2H])c(-c2oc(-c3c([2H])c4c([2H])c([2H])c([2H])c([2H])c4c4c([2H])c([2H])c([2H])c([2H])c34)c(-c3c([2H])c([2H])c([2H])c([2H])c3[2H])c2\C2=C/C=C\C=C/C=C(\C(=N)/C=C\c3ccc4cccnc4c3)CC2)c([2H])c1[2H]. The molecular weight excluding hydrogens is 669 g/mol. The van der Waals surface area contributed by atoms with E-state index in [1.165, 1.54) is 0 Å². The lowest BCUT2D eigenvalue weighted by molar-refractivity contribution is 0.598. The molecule has 0 unspecified atom stereocenters. The first-order valence-corrected chi connectivity index (χ1v) is 17.2. The second kappa shape index (κ2) is 15.1. The van der Waals surface area contributed by atoms with Crippen molar-refractivity contribution in [1.82, 2.24) is 4.98 Å². The summed E-state index contributed by atoms with van der Waals surface area (Å²) in [5.74, 6) is -1.20. The van der Waals surface area contributed by atoms with Crippen LogP contribution in [0.15, 0.2) is 204 Å². The van der Waals surface area contributed by atoms with E-state index in [4.69, 9.17) is 20.9 Å². The zero-order valence-electron chi connectivity index (χ0n) is 47.9. The van der Waals surface area contributed by atoms with Gasteiger partial charge in [-0.15, -0.1) is 0 Å². The number of hydrogen-bond acceptors (Lipinski definition) is 3. The largest absolute Gasteiger partial charge is 0.455 e. The maximum Gasteiger partial charge on any atom is 0.143 e. The molecule has 3 heteroatoms. The summed E-state index contributed by atoms with van der Waals surface area (Å²) in [6.07, 6.45) is 14.8. The summed E-state index contributed by atoms with van der Waals surface area (Å²) in [6.45, 7) is 0. The molecule has 1 aliphatic rings. The highest BCUT2D eigenvalue weighted by Gasteiger charge is 2.27. The molecule has 1 aliphatic carbocycles. The highest BCUT2D eigenvalue weighted by Crippen LogP contribution is 2.49. The Morgan fingerprint density at radius 2 is 1.36 bits per heavy atom. The van der Waals surface area contributed by atoms with Gasteiger partial charge in [0.05, 0.1) is 37.3 Å². The lowest BCUT2D eigenvalue weighted by Gasteiger charge is -2.14. The fourth-order valence-electron chi connectivity index (χ4n) is 6.52. The zero-order valence-corrected chi connectivity index (χ0v) is 28.9. The Balaban J connectivity index is 1.43. The van der Waals surface area contributed by atoms with Gasteiger partial charge in [-0.2, -0.15) is 0 Å². The Hall–Kier alpha value is -7.10. The van der Waals surface area contributed by atoms with Crippen molar-refractivity contribution in [3.63, 3.8) is 0 Å². The Morgan fingerprint density at radius 1 is 0.655 bits per heavy atom. The van der Waals surface area contributed by atoms with Gasteiger partial charge in [-0.05, 0) is 80.9 Å². The molecule has 6 aromatic carbocycles. The van der Waals surface area contributed by atoms with Crippen LogP contribution in [0.3, 0.4) is 0 Å². The summed E-state index contributed by atoms with van der Waals surface area (Å²) in [4.78, 5) is 4.42. The number of nitrogens with one attached hydrogen (secondary N) is 1. The van der Waals surface area contributed by atoms with E-state index in [1.807, 2.05) is 30.3 Å². The van der Waals surface area contributed by atoms with Crippen molar-refractivity contribution in [3.05, 3.63) is 211 Å². The van der Waals surface area contributed by atoms with E-state index in [2.05, 4.69) is 4.98 Å². The van der Waals surface area contributed by atoms with Gasteiger partial charge in [0, 0.05) is 33.8 Å². The van der Waals surface area contributed by atoms with Crippen LogP contribution < -0.4 is 0 Å². The molecular formula is C52H38N2O. The monoisotopic (exact) mass is 725 g/mol. The fourth-order valence-corrected chi connectivity index (χ4v) is 6.52. The molecule has 0 radical (unpaired) electrons. The number of rotatable bonds is 7. The van der Waals surface area contributed by atoms with Crippen LogP contribution in [0.25, 0.3) is 77.9 Å². The third-order valence-electron chi connectivity index (χ3n) is 9.07. The van der Waals surface area contributed by atoms with Gasteiger partial charge in [0.1, 0.15) is 11.5 Å². The van der Waals surface area contributed by atoms with E-state index in [9.17, 15) is 15.0 Å². The highest BCUT2D eigenvalue weighted by atomic mass is 16.3. The molecule has 2 heterocycles. The number of pyridine rings is 1. The highest BCUT2D eigenvalue weighted by molar-refractivity contribution is 6.15. The molecule has 0 fully saturated rings. The predicted octanol–water partition coefficient (Wildman–Crippen LogP) is 14.1. The van der Waals surface area contributed by atoms with E-state index < -0.39 is 170 Å². The maximum atomic E-state index is 9.89. The van der Waals surface area contributed by atoms with Crippen molar-refractivity contribution in [2.24, 2.45) is 0 Å².